The van der Waals surface area contributed by atoms with E-state index in [9.17, 15) is 9.59 Å². The first-order valence-electron chi connectivity index (χ1n) is 14.4. The number of fused-ring (bicyclic) bond motifs is 2. The topological polar surface area (TPSA) is 107 Å². The van der Waals surface area contributed by atoms with Gasteiger partial charge in [-0.15, -0.1) is 0 Å². The van der Waals surface area contributed by atoms with Crippen LogP contribution in [0.1, 0.15) is 43.5 Å². The number of benzene rings is 3. The highest BCUT2D eigenvalue weighted by Gasteiger charge is 2.35. The van der Waals surface area contributed by atoms with Gasteiger partial charge in [0.15, 0.2) is 27.8 Å². The zero-order valence-corrected chi connectivity index (χ0v) is 28.2. The molecule has 2 aliphatic heterocycles. The van der Waals surface area contributed by atoms with Crippen LogP contribution in [0.5, 0.6) is 28.7 Å². The molecule has 3 aromatic carbocycles. The van der Waals surface area contributed by atoms with Crippen LogP contribution in [0.4, 0.5) is 0 Å². The summed E-state index contributed by atoms with van der Waals surface area (Å²) in [7, 11) is 3.11. The summed E-state index contributed by atoms with van der Waals surface area (Å²) >= 11 is 4.77. The predicted octanol–water partition coefficient (Wildman–Crippen LogP) is 5.27. The molecule has 46 heavy (non-hydrogen) atoms. The highest BCUT2D eigenvalue weighted by Crippen LogP contribution is 2.38. The van der Waals surface area contributed by atoms with Crippen molar-refractivity contribution >= 4 is 39.3 Å². The van der Waals surface area contributed by atoms with Crippen LogP contribution in [-0.2, 0) is 16.1 Å². The second-order valence-corrected chi connectivity index (χ2v) is 12.7. The molecule has 0 saturated heterocycles. The van der Waals surface area contributed by atoms with Gasteiger partial charge in [-0.25, -0.2) is 9.79 Å². The minimum atomic E-state index is -0.821. The highest BCUT2D eigenvalue weighted by atomic mass is 79.9. The standard InChI is InChI=1S/C34H31BrN2O8S/c1-18(2)45-33(39)30-19(3)36-34-37(31(30)23-15-22(35)8-11-24(23)40-4)32(38)29(46-34)14-20-6-9-25(27(12-20)41-5)42-16-21-7-10-26-28(13-21)44-17-43-26/h6-15,18,31H,16-17H2,1-5H3/b29-14-/t31-/m0/s1. The maximum absolute atomic E-state index is 14.1. The first kappa shape index (κ1) is 31.4. The summed E-state index contributed by atoms with van der Waals surface area (Å²) < 4.78 is 36.6. The molecule has 3 heterocycles. The highest BCUT2D eigenvalue weighted by molar-refractivity contribution is 9.10. The zero-order chi connectivity index (χ0) is 32.5. The number of halogens is 1. The third-order valence-corrected chi connectivity index (χ3v) is 8.86. The van der Waals surface area contributed by atoms with Gasteiger partial charge >= 0.3 is 5.97 Å². The van der Waals surface area contributed by atoms with E-state index in [0.717, 1.165) is 15.6 Å². The number of hydrogen-bond acceptors (Lipinski definition) is 10. The number of ether oxygens (including phenoxy) is 6. The van der Waals surface area contributed by atoms with Crippen molar-refractivity contribution < 1.29 is 33.2 Å². The van der Waals surface area contributed by atoms with Gasteiger partial charge in [0.2, 0.25) is 6.79 Å². The van der Waals surface area contributed by atoms with Crippen LogP contribution in [0.15, 0.2) is 80.1 Å². The molecule has 0 unspecified atom stereocenters. The first-order chi connectivity index (χ1) is 22.2. The number of allylic oxidation sites excluding steroid dienone is 1. The van der Waals surface area contributed by atoms with Crippen LogP contribution in [0, 0.1) is 0 Å². The Morgan fingerprint density at radius 2 is 1.80 bits per heavy atom. The molecule has 6 rings (SSSR count). The van der Waals surface area contributed by atoms with E-state index in [1.165, 1.54) is 15.9 Å². The van der Waals surface area contributed by atoms with Gasteiger partial charge in [0.25, 0.3) is 5.56 Å². The Morgan fingerprint density at radius 3 is 2.57 bits per heavy atom. The number of hydrogen-bond donors (Lipinski definition) is 0. The van der Waals surface area contributed by atoms with Crippen molar-refractivity contribution in [3.05, 3.63) is 107 Å². The fourth-order valence-electron chi connectivity index (χ4n) is 5.31. The summed E-state index contributed by atoms with van der Waals surface area (Å²) in [6.45, 7) is 5.81. The van der Waals surface area contributed by atoms with Gasteiger partial charge in [-0.2, -0.15) is 0 Å². The molecule has 1 aromatic heterocycles. The molecule has 0 aliphatic carbocycles. The molecular weight excluding hydrogens is 676 g/mol. The van der Waals surface area contributed by atoms with E-state index in [2.05, 4.69) is 20.9 Å². The zero-order valence-electron chi connectivity index (χ0n) is 25.8. The lowest BCUT2D eigenvalue weighted by atomic mass is 9.95. The molecule has 0 amide bonds. The van der Waals surface area contributed by atoms with Crippen molar-refractivity contribution in [2.75, 3.05) is 21.0 Å². The van der Waals surface area contributed by atoms with E-state index in [0.29, 0.717) is 55.9 Å². The summed E-state index contributed by atoms with van der Waals surface area (Å²) in [5.41, 5.74) is 2.70. The first-order valence-corrected chi connectivity index (χ1v) is 16.0. The quantitative estimate of drug-likeness (QED) is 0.217. The Hall–Kier alpha value is -4.55. The van der Waals surface area contributed by atoms with E-state index in [4.69, 9.17) is 28.4 Å². The summed E-state index contributed by atoms with van der Waals surface area (Å²) in [4.78, 5) is 32.7. The smallest absolute Gasteiger partial charge is 0.338 e. The minimum Gasteiger partial charge on any atom is -0.496 e. The SMILES string of the molecule is COc1cc(/C=c2\sc3n(c2=O)[C@@H](c2cc(Br)ccc2OC)C(C(=O)OC(C)C)=C(C)N=3)ccc1OCc1ccc2c(c1)OCO2. The molecule has 10 nitrogen and oxygen atoms in total. The van der Waals surface area contributed by atoms with Gasteiger partial charge < -0.3 is 28.4 Å². The molecule has 0 fully saturated rings. The van der Waals surface area contributed by atoms with Crippen LogP contribution in [0.25, 0.3) is 6.08 Å². The van der Waals surface area contributed by atoms with E-state index >= 15 is 0 Å². The lowest BCUT2D eigenvalue weighted by Crippen LogP contribution is -2.40. The Balaban J connectivity index is 1.38. The molecule has 238 valence electrons. The fraction of sp³-hybridized carbons (Fsp3) is 0.265. The second-order valence-electron chi connectivity index (χ2n) is 10.8. The number of nitrogens with zero attached hydrogens (tertiary/aromatic N) is 2. The monoisotopic (exact) mass is 706 g/mol. The maximum Gasteiger partial charge on any atom is 0.338 e. The third kappa shape index (κ3) is 6.14. The molecule has 0 radical (unpaired) electrons. The van der Waals surface area contributed by atoms with Crippen molar-refractivity contribution in [1.82, 2.24) is 4.57 Å². The summed E-state index contributed by atoms with van der Waals surface area (Å²) in [5, 5.41) is 0. The summed E-state index contributed by atoms with van der Waals surface area (Å²) in [5.74, 6) is 2.43. The van der Waals surface area contributed by atoms with E-state index in [-0.39, 0.29) is 24.0 Å². The number of esters is 1. The molecule has 2 aliphatic rings. The van der Waals surface area contributed by atoms with Gasteiger partial charge in [0.05, 0.1) is 36.1 Å². The Kier molecular flexibility index (Phi) is 8.92. The molecule has 1 atom stereocenters. The van der Waals surface area contributed by atoms with Crippen molar-refractivity contribution in [2.45, 2.75) is 39.5 Å². The molecule has 4 aromatic rings. The van der Waals surface area contributed by atoms with Crippen LogP contribution in [0.3, 0.4) is 0 Å². The van der Waals surface area contributed by atoms with Crippen molar-refractivity contribution in [3.8, 4) is 28.7 Å². The number of carbonyl (C=O) groups is 1. The van der Waals surface area contributed by atoms with Crippen LogP contribution >= 0.6 is 27.3 Å². The lowest BCUT2D eigenvalue weighted by molar-refractivity contribution is -0.143. The normalized spacial score (nSPS) is 15.5. The second kappa shape index (κ2) is 13.1. The van der Waals surface area contributed by atoms with Crippen LogP contribution in [0.2, 0.25) is 0 Å². The van der Waals surface area contributed by atoms with Gasteiger partial charge in [-0.1, -0.05) is 39.4 Å². The minimum absolute atomic E-state index is 0.206. The van der Waals surface area contributed by atoms with Gasteiger partial charge in [-0.05, 0) is 80.4 Å². The molecular formula is C34H31BrN2O8S. The number of carbonyl (C=O) groups excluding carboxylic acids is 1. The number of thiazole rings is 1. The van der Waals surface area contributed by atoms with Crippen LogP contribution < -0.4 is 38.6 Å². The molecule has 0 spiro atoms. The lowest BCUT2D eigenvalue weighted by Gasteiger charge is -2.26. The molecule has 0 N–H and O–H groups in total. The van der Waals surface area contributed by atoms with Crippen LogP contribution in [-0.4, -0.2) is 37.7 Å². The number of methoxy groups -OCH3 is 2. The van der Waals surface area contributed by atoms with E-state index < -0.39 is 12.0 Å². The average molecular weight is 708 g/mol. The van der Waals surface area contributed by atoms with E-state index in [1.807, 2.05) is 36.4 Å². The van der Waals surface area contributed by atoms with Crippen molar-refractivity contribution in [2.24, 2.45) is 4.99 Å². The van der Waals surface area contributed by atoms with Gasteiger partial charge in [-0.3, -0.25) is 9.36 Å². The number of aromatic nitrogens is 1. The Labute approximate surface area is 277 Å². The Morgan fingerprint density at radius 1 is 1.04 bits per heavy atom. The Bertz CT molecular complexity index is 2050. The molecule has 0 bridgehead atoms. The van der Waals surface area contributed by atoms with Crippen molar-refractivity contribution in [3.63, 3.8) is 0 Å². The summed E-state index contributed by atoms with van der Waals surface area (Å²) in [6, 6.07) is 15.8. The largest absolute Gasteiger partial charge is 0.496 e. The number of rotatable bonds is 9. The maximum atomic E-state index is 14.1. The van der Waals surface area contributed by atoms with Gasteiger partial charge in [0, 0.05) is 10.0 Å². The summed E-state index contributed by atoms with van der Waals surface area (Å²) in [6.07, 6.45) is 1.41. The fourth-order valence-corrected chi connectivity index (χ4v) is 6.74. The molecule has 0 saturated carbocycles. The molecule has 12 heteroatoms. The third-order valence-electron chi connectivity index (χ3n) is 7.39. The predicted molar refractivity (Wildman–Crippen MR) is 176 cm³/mol. The van der Waals surface area contributed by atoms with E-state index in [1.54, 1.807) is 59.3 Å². The van der Waals surface area contributed by atoms with Crippen molar-refractivity contribution in [1.29, 1.82) is 0 Å². The average Bonchev–Trinajstić information content (AvgIpc) is 3.62. The van der Waals surface area contributed by atoms with Gasteiger partial charge in [0.1, 0.15) is 18.4 Å².